The Morgan fingerprint density at radius 3 is 2.63 bits per heavy atom. The molecule has 4 rings (SSSR count). The van der Waals surface area contributed by atoms with Crippen LogP contribution in [0.2, 0.25) is 0 Å². The van der Waals surface area contributed by atoms with Crippen molar-refractivity contribution < 1.29 is 24.9 Å². The minimum Gasteiger partial charge on any atom is -0.465 e. The lowest BCUT2D eigenvalue weighted by Crippen LogP contribution is -2.38. The van der Waals surface area contributed by atoms with Crippen LogP contribution in [0.1, 0.15) is 98.3 Å². The zero-order chi connectivity index (χ0) is 27.7. The highest BCUT2D eigenvalue weighted by molar-refractivity contribution is 5.77. The molecule has 4 saturated carbocycles. The summed E-state index contributed by atoms with van der Waals surface area (Å²) >= 11 is 0. The molecule has 4 aliphatic rings. The molecule has 0 amide bonds. The smallest absolute Gasteiger partial charge is 0.314 e. The molecule has 0 heterocycles. The number of unbranched alkanes of at least 4 members (excludes halogenated alkanes) is 1. The summed E-state index contributed by atoms with van der Waals surface area (Å²) in [6.45, 7) is 12.6. The number of aliphatic hydroxyl groups is 3. The van der Waals surface area contributed by atoms with Gasteiger partial charge in [-0.25, -0.2) is 0 Å². The fraction of sp³-hybridized carbons (Fsp3) is 0.727. The molecule has 3 N–H and O–H groups in total. The lowest BCUT2D eigenvalue weighted by molar-refractivity contribution is -0.158. The molecule has 4 aliphatic carbocycles. The molecule has 0 aromatic heterocycles. The van der Waals surface area contributed by atoms with Crippen molar-refractivity contribution >= 4 is 5.97 Å². The van der Waals surface area contributed by atoms with Crippen molar-refractivity contribution in [3.63, 3.8) is 0 Å². The summed E-state index contributed by atoms with van der Waals surface area (Å²) in [7, 11) is 0. The van der Waals surface area contributed by atoms with Gasteiger partial charge >= 0.3 is 5.97 Å². The third-order valence-electron chi connectivity index (χ3n) is 10.4. The molecule has 212 valence electrons. The van der Waals surface area contributed by atoms with Crippen LogP contribution in [0.3, 0.4) is 0 Å². The first-order chi connectivity index (χ1) is 17.9. The normalized spacial score (nSPS) is 36.0. The number of carbonyl (C=O) groups excluding carboxylic acids is 1. The average Bonchev–Trinajstić information content (AvgIpc) is 3.56. The van der Waals surface area contributed by atoms with E-state index >= 15 is 0 Å². The number of ether oxygens (including phenoxy) is 1. The van der Waals surface area contributed by atoms with Crippen LogP contribution in [-0.4, -0.2) is 46.2 Å². The van der Waals surface area contributed by atoms with Crippen LogP contribution in [0.4, 0.5) is 0 Å². The van der Waals surface area contributed by atoms with E-state index in [2.05, 4.69) is 38.7 Å². The Kier molecular flexibility index (Phi) is 8.81. The van der Waals surface area contributed by atoms with Crippen molar-refractivity contribution in [1.82, 2.24) is 0 Å². The van der Waals surface area contributed by atoms with E-state index in [1.165, 1.54) is 31.3 Å². The maximum Gasteiger partial charge on any atom is 0.314 e. The molecule has 0 bridgehead atoms. The van der Waals surface area contributed by atoms with Crippen molar-refractivity contribution in [3.05, 3.63) is 47.6 Å². The second kappa shape index (κ2) is 11.4. The number of rotatable bonds is 9. The van der Waals surface area contributed by atoms with Gasteiger partial charge in [-0.15, -0.1) is 0 Å². The molecule has 0 saturated heterocycles. The molecule has 38 heavy (non-hydrogen) atoms. The standard InChI is InChI=1S/C33H50O5/c1-6-7-19-38-30(37)31(3,4)29(36)14-16-33(17-18-33)28-13-12-26-23(9-8-15-32(26,28)5)10-11-24-20-25(34)21-27(35)22(24)2/h10-11,14,16,25-29,34-36H,2,6-9,12-13,15,17-21H2,1,3-5H3/b16-14+,23-10+,24-11-/t25-,26+,27+,28+,29-,32+/m1/s1. The second-order valence-corrected chi connectivity index (χ2v) is 13.4. The Morgan fingerprint density at radius 2 is 1.95 bits per heavy atom. The van der Waals surface area contributed by atoms with Gasteiger partial charge in [-0.1, -0.05) is 56.7 Å². The van der Waals surface area contributed by atoms with Crippen molar-refractivity contribution in [2.24, 2.45) is 28.1 Å². The molecule has 0 aromatic carbocycles. The summed E-state index contributed by atoms with van der Waals surface area (Å²) in [6, 6.07) is 0. The van der Waals surface area contributed by atoms with E-state index in [1.807, 2.05) is 6.08 Å². The molecule has 0 unspecified atom stereocenters. The topological polar surface area (TPSA) is 87.0 Å². The number of esters is 1. The fourth-order valence-corrected chi connectivity index (χ4v) is 7.56. The first-order valence-electron chi connectivity index (χ1n) is 14.9. The van der Waals surface area contributed by atoms with E-state index in [4.69, 9.17) is 4.74 Å². The van der Waals surface area contributed by atoms with Gasteiger partial charge in [-0.05, 0) is 105 Å². The summed E-state index contributed by atoms with van der Waals surface area (Å²) < 4.78 is 5.42. The predicted octanol–water partition coefficient (Wildman–Crippen LogP) is 6.19. The Balaban J connectivity index is 1.47. The van der Waals surface area contributed by atoms with Gasteiger partial charge in [0.2, 0.25) is 0 Å². The lowest BCUT2D eigenvalue weighted by atomic mass is 9.60. The molecule has 0 radical (unpaired) electrons. The molecule has 6 atom stereocenters. The monoisotopic (exact) mass is 526 g/mol. The quantitative estimate of drug-likeness (QED) is 0.189. The van der Waals surface area contributed by atoms with E-state index < -0.39 is 23.7 Å². The van der Waals surface area contributed by atoms with Gasteiger partial charge in [0, 0.05) is 6.42 Å². The van der Waals surface area contributed by atoms with Crippen LogP contribution < -0.4 is 0 Å². The van der Waals surface area contributed by atoms with E-state index in [1.54, 1.807) is 13.8 Å². The third kappa shape index (κ3) is 5.76. The van der Waals surface area contributed by atoms with Crippen molar-refractivity contribution in [2.75, 3.05) is 6.61 Å². The summed E-state index contributed by atoms with van der Waals surface area (Å²) in [5, 5.41) is 31.3. The second-order valence-electron chi connectivity index (χ2n) is 13.4. The van der Waals surface area contributed by atoms with Gasteiger partial charge in [-0.2, -0.15) is 0 Å². The van der Waals surface area contributed by atoms with Crippen molar-refractivity contribution in [1.29, 1.82) is 0 Å². The van der Waals surface area contributed by atoms with Gasteiger partial charge < -0.3 is 20.1 Å². The summed E-state index contributed by atoms with van der Waals surface area (Å²) in [5.41, 5.74) is 2.56. The SMILES string of the molecule is C=C1/C(=C\C=C2/CCC[C@]3(C)[C@@H](C4(/C=C/[C@@H](O)C(C)(C)C(=O)OCCCC)CC4)CC[C@@H]23)C[C@@H](O)C[C@@H]1O. The van der Waals surface area contributed by atoms with Crippen LogP contribution in [0.15, 0.2) is 47.6 Å². The Bertz CT molecular complexity index is 983. The fourth-order valence-electron chi connectivity index (χ4n) is 7.56. The molecule has 5 nitrogen and oxygen atoms in total. The Morgan fingerprint density at radius 1 is 1.21 bits per heavy atom. The van der Waals surface area contributed by atoms with Gasteiger partial charge in [0.1, 0.15) is 0 Å². The number of fused-ring (bicyclic) bond motifs is 1. The first kappa shape index (κ1) is 29.3. The largest absolute Gasteiger partial charge is 0.465 e. The first-order valence-corrected chi connectivity index (χ1v) is 14.9. The zero-order valence-electron chi connectivity index (χ0n) is 24.0. The van der Waals surface area contributed by atoms with Crippen LogP contribution in [0.5, 0.6) is 0 Å². The van der Waals surface area contributed by atoms with Crippen LogP contribution in [0.25, 0.3) is 0 Å². The lowest BCUT2D eigenvalue weighted by Gasteiger charge is -2.45. The molecule has 4 fully saturated rings. The molecule has 0 spiro atoms. The summed E-state index contributed by atoms with van der Waals surface area (Å²) in [5.74, 6) is 0.760. The number of hydrogen-bond acceptors (Lipinski definition) is 5. The maximum absolute atomic E-state index is 12.6. The molecule has 0 aromatic rings. The summed E-state index contributed by atoms with van der Waals surface area (Å²) in [6.07, 6.45) is 17.3. The molecule has 0 aliphatic heterocycles. The Labute approximate surface area is 229 Å². The highest BCUT2D eigenvalue weighted by Crippen LogP contribution is 2.69. The van der Waals surface area contributed by atoms with Gasteiger partial charge in [-0.3, -0.25) is 4.79 Å². The predicted molar refractivity (Wildman–Crippen MR) is 151 cm³/mol. The van der Waals surface area contributed by atoms with Crippen LogP contribution in [0, 0.1) is 28.1 Å². The number of allylic oxidation sites excluding steroid dienone is 4. The minimum absolute atomic E-state index is 0.111. The van der Waals surface area contributed by atoms with Crippen LogP contribution in [-0.2, 0) is 9.53 Å². The Hall–Kier alpha value is -1.69. The van der Waals surface area contributed by atoms with Gasteiger partial charge in [0.05, 0.1) is 30.3 Å². The molecule has 5 heteroatoms. The highest BCUT2D eigenvalue weighted by Gasteiger charge is 2.60. The molecular formula is C33H50O5. The van der Waals surface area contributed by atoms with Crippen LogP contribution >= 0.6 is 0 Å². The maximum atomic E-state index is 12.6. The van der Waals surface area contributed by atoms with E-state index in [0.29, 0.717) is 31.3 Å². The van der Waals surface area contributed by atoms with E-state index in [0.717, 1.165) is 43.3 Å². The minimum atomic E-state index is -0.971. The van der Waals surface area contributed by atoms with E-state index in [-0.39, 0.29) is 16.8 Å². The number of hydrogen-bond donors (Lipinski definition) is 3. The average molecular weight is 527 g/mol. The van der Waals surface area contributed by atoms with E-state index in [9.17, 15) is 20.1 Å². The van der Waals surface area contributed by atoms with Gasteiger partial charge in [0.15, 0.2) is 0 Å². The number of aliphatic hydroxyl groups excluding tert-OH is 3. The zero-order valence-corrected chi connectivity index (χ0v) is 24.0. The highest BCUT2D eigenvalue weighted by atomic mass is 16.5. The third-order valence-corrected chi connectivity index (χ3v) is 10.4. The van der Waals surface area contributed by atoms with Gasteiger partial charge in [0.25, 0.3) is 0 Å². The number of carbonyl (C=O) groups is 1. The molecular weight excluding hydrogens is 476 g/mol. The summed E-state index contributed by atoms with van der Waals surface area (Å²) in [4.78, 5) is 12.6. The van der Waals surface area contributed by atoms with Crippen molar-refractivity contribution in [3.8, 4) is 0 Å². The van der Waals surface area contributed by atoms with Crippen molar-refractivity contribution in [2.45, 2.75) is 117 Å².